The normalized spacial score (nSPS) is 20.2. The van der Waals surface area contributed by atoms with E-state index in [-0.39, 0.29) is 40.1 Å². The van der Waals surface area contributed by atoms with E-state index in [9.17, 15) is 9.59 Å². The number of amides is 1. The lowest BCUT2D eigenvalue weighted by Gasteiger charge is -2.42. The standard InChI is InChI=1S/C33H40N2O3/c1-21-9-8-10-24(17-21)35-16-15-34(20-23(35)3)31(37)29-12-11-28(38-29)30(36)25-19-27-26(18-22(25)2)32(4,5)13-14-33(27,6)7/h8-12,17-19,23H,13-16,20H2,1-7H3/t23-/m1/s1. The van der Waals surface area contributed by atoms with Crippen molar-refractivity contribution in [2.45, 2.75) is 78.2 Å². The maximum atomic E-state index is 13.6. The largest absolute Gasteiger partial charge is 0.447 e. The van der Waals surface area contributed by atoms with Gasteiger partial charge >= 0.3 is 0 Å². The molecule has 1 aliphatic carbocycles. The van der Waals surface area contributed by atoms with Crippen molar-refractivity contribution in [1.29, 1.82) is 0 Å². The molecule has 1 aromatic heterocycles. The number of fused-ring (bicyclic) bond motifs is 1. The number of furan rings is 1. The Hall–Kier alpha value is -3.34. The van der Waals surface area contributed by atoms with Crippen molar-refractivity contribution in [3.05, 3.63) is 87.9 Å². The zero-order chi connectivity index (χ0) is 27.4. The van der Waals surface area contributed by atoms with Gasteiger partial charge in [-0.1, -0.05) is 45.9 Å². The van der Waals surface area contributed by atoms with Gasteiger partial charge in [-0.25, -0.2) is 0 Å². The maximum Gasteiger partial charge on any atom is 0.289 e. The molecule has 38 heavy (non-hydrogen) atoms. The molecule has 5 heteroatoms. The van der Waals surface area contributed by atoms with E-state index in [2.05, 4.69) is 82.8 Å². The van der Waals surface area contributed by atoms with Crippen LogP contribution in [-0.4, -0.2) is 42.3 Å². The second-order valence-corrected chi connectivity index (χ2v) is 12.6. The molecule has 0 unspecified atom stereocenters. The molecular formula is C33H40N2O3. The molecule has 2 heterocycles. The summed E-state index contributed by atoms with van der Waals surface area (Å²) in [6.45, 7) is 17.3. The molecule has 200 valence electrons. The summed E-state index contributed by atoms with van der Waals surface area (Å²) >= 11 is 0. The minimum absolute atomic E-state index is 0.00909. The van der Waals surface area contributed by atoms with Gasteiger partial charge in [0, 0.05) is 36.9 Å². The second-order valence-electron chi connectivity index (χ2n) is 12.6. The summed E-state index contributed by atoms with van der Waals surface area (Å²) in [5, 5.41) is 0. The lowest BCUT2D eigenvalue weighted by molar-refractivity contribution is 0.0692. The summed E-state index contributed by atoms with van der Waals surface area (Å²) in [6.07, 6.45) is 2.21. The number of carbonyl (C=O) groups excluding carboxylic acids is 2. The van der Waals surface area contributed by atoms with E-state index in [0.29, 0.717) is 18.7 Å². The van der Waals surface area contributed by atoms with Crippen LogP contribution in [0.1, 0.15) is 96.4 Å². The lowest BCUT2D eigenvalue weighted by Crippen LogP contribution is -2.53. The number of piperazine rings is 1. The molecule has 0 spiro atoms. The van der Waals surface area contributed by atoms with Gasteiger partial charge < -0.3 is 14.2 Å². The highest BCUT2D eigenvalue weighted by molar-refractivity contribution is 6.09. The molecule has 2 aliphatic rings. The zero-order valence-electron chi connectivity index (χ0n) is 23.9. The molecule has 1 atom stereocenters. The first-order valence-electron chi connectivity index (χ1n) is 13.8. The number of carbonyl (C=O) groups is 2. The zero-order valence-corrected chi connectivity index (χ0v) is 23.9. The summed E-state index contributed by atoms with van der Waals surface area (Å²) in [7, 11) is 0. The molecular weight excluding hydrogens is 472 g/mol. The first-order chi connectivity index (χ1) is 17.9. The van der Waals surface area contributed by atoms with Gasteiger partial charge in [0.15, 0.2) is 11.5 Å². The van der Waals surface area contributed by atoms with Crippen LogP contribution in [0.15, 0.2) is 52.9 Å². The summed E-state index contributed by atoms with van der Waals surface area (Å²) < 4.78 is 5.91. The highest BCUT2D eigenvalue weighted by atomic mass is 16.4. The highest BCUT2D eigenvalue weighted by Gasteiger charge is 2.38. The van der Waals surface area contributed by atoms with Crippen LogP contribution in [0.4, 0.5) is 5.69 Å². The summed E-state index contributed by atoms with van der Waals surface area (Å²) in [5.74, 6) is 0.114. The molecule has 1 saturated heterocycles. The number of hydrogen-bond acceptors (Lipinski definition) is 4. The van der Waals surface area contributed by atoms with Crippen molar-refractivity contribution in [2.75, 3.05) is 24.5 Å². The fourth-order valence-corrected chi connectivity index (χ4v) is 6.16. The molecule has 3 aromatic rings. The smallest absolute Gasteiger partial charge is 0.289 e. The van der Waals surface area contributed by atoms with Crippen LogP contribution >= 0.6 is 0 Å². The van der Waals surface area contributed by atoms with Gasteiger partial charge in [-0.2, -0.15) is 0 Å². The third kappa shape index (κ3) is 4.68. The Labute approximate surface area is 226 Å². The first kappa shape index (κ1) is 26.3. The average Bonchev–Trinajstić information content (AvgIpc) is 3.36. The van der Waals surface area contributed by atoms with Gasteiger partial charge in [-0.15, -0.1) is 0 Å². The topological polar surface area (TPSA) is 53.8 Å². The predicted molar refractivity (Wildman–Crippen MR) is 152 cm³/mol. The number of hydrogen-bond donors (Lipinski definition) is 0. The molecule has 1 aliphatic heterocycles. The van der Waals surface area contributed by atoms with Crippen molar-refractivity contribution < 1.29 is 14.0 Å². The molecule has 0 saturated carbocycles. The van der Waals surface area contributed by atoms with Crippen molar-refractivity contribution >= 4 is 17.4 Å². The van der Waals surface area contributed by atoms with Crippen molar-refractivity contribution in [3.63, 3.8) is 0 Å². The Balaban J connectivity index is 1.34. The van der Waals surface area contributed by atoms with Gasteiger partial charge in [0.05, 0.1) is 0 Å². The Morgan fingerprint density at radius 2 is 1.53 bits per heavy atom. The number of rotatable bonds is 4. The third-order valence-corrected chi connectivity index (χ3v) is 8.73. The van der Waals surface area contributed by atoms with Gasteiger partial charge in [-0.3, -0.25) is 9.59 Å². The van der Waals surface area contributed by atoms with Crippen molar-refractivity contribution in [1.82, 2.24) is 4.90 Å². The summed E-state index contributed by atoms with van der Waals surface area (Å²) in [6, 6.07) is 16.2. The van der Waals surface area contributed by atoms with E-state index in [4.69, 9.17) is 4.42 Å². The molecule has 2 aromatic carbocycles. The Morgan fingerprint density at radius 3 is 2.18 bits per heavy atom. The average molecular weight is 513 g/mol. The van der Waals surface area contributed by atoms with E-state index >= 15 is 0 Å². The predicted octanol–water partition coefficient (Wildman–Crippen LogP) is 6.83. The Bertz CT molecular complexity index is 1400. The molecule has 0 N–H and O–H groups in total. The van der Waals surface area contributed by atoms with Crippen LogP contribution in [0.5, 0.6) is 0 Å². The minimum Gasteiger partial charge on any atom is -0.447 e. The molecule has 1 fully saturated rings. The maximum absolute atomic E-state index is 13.6. The molecule has 0 radical (unpaired) electrons. The van der Waals surface area contributed by atoms with Crippen molar-refractivity contribution in [3.8, 4) is 0 Å². The lowest BCUT2D eigenvalue weighted by atomic mass is 9.62. The number of benzene rings is 2. The SMILES string of the molecule is Cc1cccc(N2CCN(C(=O)c3ccc(C(=O)c4cc5c(cc4C)C(C)(C)CCC5(C)C)o3)C[C@H]2C)c1. The van der Waals surface area contributed by atoms with Gasteiger partial charge in [0.2, 0.25) is 5.78 Å². The van der Waals surface area contributed by atoms with Gasteiger partial charge in [-0.05, 0) is 97.0 Å². The van der Waals surface area contributed by atoms with Gasteiger partial charge in [0.25, 0.3) is 5.91 Å². The quantitative estimate of drug-likeness (QED) is 0.360. The van der Waals surface area contributed by atoms with Crippen LogP contribution in [0.2, 0.25) is 0 Å². The second kappa shape index (κ2) is 9.44. The van der Waals surface area contributed by atoms with E-state index in [1.807, 2.05) is 11.8 Å². The highest BCUT2D eigenvalue weighted by Crippen LogP contribution is 2.46. The van der Waals surface area contributed by atoms with Crippen LogP contribution in [0.3, 0.4) is 0 Å². The molecule has 5 rings (SSSR count). The monoisotopic (exact) mass is 512 g/mol. The molecule has 0 bridgehead atoms. The number of aryl methyl sites for hydroxylation is 2. The van der Waals surface area contributed by atoms with E-state index < -0.39 is 0 Å². The molecule has 1 amide bonds. The summed E-state index contributed by atoms with van der Waals surface area (Å²) in [4.78, 5) is 31.1. The van der Waals surface area contributed by atoms with Crippen LogP contribution < -0.4 is 4.90 Å². The number of anilines is 1. The fourth-order valence-electron chi connectivity index (χ4n) is 6.16. The third-order valence-electron chi connectivity index (χ3n) is 8.73. The Kier molecular flexibility index (Phi) is 6.53. The van der Waals surface area contributed by atoms with Crippen LogP contribution in [-0.2, 0) is 10.8 Å². The first-order valence-corrected chi connectivity index (χ1v) is 13.8. The van der Waals surface area contributed by atoms with Gasteiger partial charge in [0.1, 0.15) is 0 Å². The van der Waals surface area contributed by atoms with Crippen molar-refractivity contribution in [2.24, 2.45) is 0 Å². The van der Waals surface area contributed by atoms with Crippen LogP contribution in [0.25, 0.3) is 0 Å². The van der Waals surface area contributed by atoms with E-state index in [1.54, 1.807) is 12.1 Å². The van der Waals surface area contributed by atoms with Crippen LogP contribution in [0, 0.1) is 13.8 Å². The summed E-state index contributed by atoms with van der Waals surface area (Å²) in [5.41, 5.74) is 6.68. The minimum atomic E-state index is -0.166. The number of ketones is 1. The fraction of sp³-hybridized carbons (Fsp3) is 0.455. The van der Waals surface area contributed by atoms with E-state index in [0.717, 1.165) is 24.9 Å². The Morgan fingerprint density at radius 1 is 0.868 bits per heavy atom. The molecule has 5 nitrogen and oxygen atoms in total. The van der Waals surface area contributed by atoms with E-state index in [1.165, 1.54) is 22.4 Å². The number of nitrogens with zero attached hydrogens (tertiary/aromatic N) is 2.